The molecule has 202 valence electrons. The Morgan fingerprint density at radius 2 is 1.64 bits per heavy atom. The van der Waals surface area contributed by atoms with Crippen LogP contribution in [0.2, 0.25) is 0 Å². The fraction of sp³-hybridized carbons (Fsp3) is 0.650. The molecule has 0 aromatic heterocycles. The normalized spacial score (nSPS) is 17.4. The smallest absolute Gasteiger partial charge is 0.326 e. The first-order valence-electron chi connectivity index (χ1n) is 11.2. The number of guanidine groups is 1. The average molecular weight is 516 g/mol. The summed E-state index contributed by atoms with van der Waals surface area (Å²) >= 11 is 0. The van der Waals surface area contributed by atoms with Crippen LogP contribution < -0.4 is 27.8 Å². The fourth-order valence-electron chi connectivity index (χ4n) is 3.60. The Bertz CT molecular complexity index is 876. The molecule has 1 saturated heterocycles. The molecular formula is C20H33N7O9. The Morgan fingerprint density at radius 3 is 2.19 bits per heavy atom. The minimum absolute atomic E-state index is 0.0183. The highest BCUT2D eigenvalue weighted by Gasteiger charge is 2.39. The summed E-state index contributed by atoms with van der Waals surface area (Å²) in [7, 11) is 0. The van der Waals surface area contributed by atoms with E-state index < -0.39 is 72.6 Å². The summed E-state index contributed by atoms with van der Waals surface area (Å²) < 4.78 is 0. The lowest BCUT2D eigenvalue weighted by atomic mass is 10.1. The molecule has 0 bridgehead atoms. The van der Waals surface area contributed by atoms with E-state index in [1.807, 2.05) is 0 Å². The lowest BCUT2D eigenvalue weighted by molar-refractivity contribution is -0.147. The van der Waals surface area contributed by atoms with Crippen molar-refractivity contribution < 1.29 is 44.1 Å². The van der Waals surface area contributed by atoms with Gasteiger partial charge in [-0.2, -0.15) is 0 Å². The van der Waals surface area contributed by atoms with Crippen LogP contribution in [-0.4, -0.2) is 99.1 Å². The number of nitrogens with two attached hydrogens (primary N) is 3. The molecular weight excluding hydrogens is 482 g/mol. The van der Waals surface area contributed by atoms with Gasteiger partial charge in [-0.05, 0) is 32.1 Å². The first kappa shape index (κ1) is 30.1. The first-order chi connectivity index (χ1) is 16.8. The molecule has 3 amide bonds. The van der Waals surface area contributed by atoms with Gasteiger partial charge in [0.05, 0.1) is 12.5 Å². The molecule has 1 aliphatic rings. The summed E-state index contributed by atoms with van der Waals surface area (Å²) in [5.74, 6) is -6.55. The summed E-state index contributed by atoms with van der Waals surface area (Å²) in [4.78, 5) is 76.6. The maximum absolute atomic E-state index is 13.1. The van der Waals surface area contributed by atoms with E-state index in [4.69, 9.17) is 22.3 Å². The average Bonchev–Trinajstić information content (AvgIpc) is 3.27. The SMILES string of the molecule is NC(N)=NCCCC(NC(=O)C1CCCN1C(=O)C(CC(=O)O)NC(=O)C(N)CCC(=O)O)C(=O)O. The number of likely N-dealkylation sites (tertiary alicyclic amines) is 1. The van der Waals surface area contributed by atoms with Crippen LogP contribution in [0.5, 0.6) is 0 Å². The van der Waals surface area contributed by atoms with Crippen molar-refractivity contribution in [1.29, 1.82) is 0 Å². The number of carbonyl (C=O) groups excluding carboxylic acids is 3. The first-order valence-corrected chi connectivity index (χ1v) is 11.2. The summed E-state index contributed by atoms with van der Waals surface area (Å²) in [5, 5.41) is 31.9. The van der Waals surface area contributed by atoms with Crippen LogP contribution in [0.1, 0.15) is 44.9 Å². The monoisotopic (exact) mass is 515 g/mol. The molecule has 0 aromatic rings. The molecule has 4 atom stereocenters. The molecule has 0 aromatic carbocycles. The molecule has 1 heterocycles. The van der Waals surface area contributed by atoms with E-state index in [-0.39, 0.29) is 44.7 Å². The number of rotatable bonds is 15. The largest absolute Gasteiger partial charge is 0.481 e. The number of carboxylic acid groups (broad SMARTS) is 3. The summed E-state index contributed by atoms with van der Waals surface area (Å²) in [6, 6.07) is -5.20. The second-order valence-corrected chi connectivity index (χ2v) is 8.24. The number of aliphatic imine (C=N–C) groups is 1. The van der Waals surface area contributed by atoms with E-state index in [1.165, 1.54) is 0 Å². The molecule has 0 aliphatic carbocycles. The number of nitrogens with one attached hydrogen (secondary N) is 2. The van der Waals surface area contributed by atoms with Crippen LogP contribution in [-0.2, 0) is 28.8 Å². The van der Waals surface area contributed by atoms with Crippen LogP contribution in [0.3, 0.4) is 0 Å². The number of hydrogen-bond donors (Lipinski definition) is 8. The molecule has 4 unspecified atom stereocenters. The number of hydrogen-bond acceptors (Lipinski definition) is 8. The second kappa shape index (κ2) is 14.4. The van der Waals surface area contributed by atoms with Crippen LogP contribution in [0.15, 0.2) is 4.99 Å². The van der Waals surface area contributed by atoms with Crippen LogP contribution in [0, 0.1) is 0 Å². The number of amides is 3. The van der Waals surface area contributed by atoms with Gasteiger partial charge < -0.3 is 48.1 Å². The van der Waals surface area contributed by atoms with Gasteiger partial charge in [-0.3, -0.25) is 29.0 Å². The van der Waals surface area contributed by atoms with E-state index >= 15 is 0 Å². The highest BCUT2D eigenvalue weighted by Crippen LogP contribution is 2.20. The molecule has 36 heavy (non-hydrogen) atoms. The summed E-state index contributed by atoms with van der Waals surface area (Å²) in [6.07, 6.45) is -0.575. The molecule has 0 radical (unpaired) electrons. The quantitative estimate of drug-likeness (QED) is 0.0606. The third-order valence-electron chi connectivity index (χ3n) is 5.40. The van der Waals surface area contributed by atoms with Crippen LogP contribution in [0.25, 0.3) is 0 Å². The summed E-state index contributed by atoms with van der Waals surface area (Å²) in [6.45, 7) is 0.234. The van der Waals surface area contributed by atoms with Gasteiger partial charge in [0.25, 0.3) is 0 Å². The Balaban J connectivity index is 2.89. The molecule has 11 N–H and O–H groups in total. The zero-order chi connectivity index (χ0) is 27.4. The van der Waals surface area contributed by atoms with Crippen molar-refractivity contribution in [3.05, 3.63) is 0 Å². The minimum atomic E-state index is -1.56. The summed E-state index contributed by atoms with van der Waals surface area (Å²) in [5.41, 5.74) is 16.1. The van der Waals surface area contributed by atoms with Crippen molar-refractivity contribution in [1.82, 2.24) is 15.5 Å². The Labute approximate surface area is 206 Å². The van der Waals surface area contributed by atoms with E-state index in [9.17, 15) is 39.0 Å². The molecule has 16 nitrogen and oxygen atoms in total. The maximum Gasteiger partial charge on any atom is 0.326 e. The molecule has 1 rings (SSSR count). The van der Waals surface area contributed by atoms with Gasteiger partial charge in [0, 0.05) is 19.5 Å². The van der Waals surface area contributed by atoms with Crippen molar-refractivity contribution in [3.63, 3.8) is 0 Å². The van der Waals surface area contributed by atoms with Crippen molar-refractivity contribution in [2.24, 2.45) is 22.2 Å². The van der Waals surface area contributed by atoms with Gasteiger partial charge >= 0.3 is 17.9 Å². The predicted octanol–water partition coefficient (Wildman–Crippen LogP) is -3.25. The van der Waals surface area contributed by atoms with Crippen molar-refractivity contribution in [3.8, 4) is 0 Å². The lowest BCUT2D eigenvalue weighted by Gasteiger charge is -2.29. The Kier molecular flexibility index (Phi) is 12.1. The number of carboxylic acids is 3. The van der Waals surface area contributed by atoms with Gasteiger partial charge in [-0.15, -0.1) is 0 Å². The number of carbonyl (C=O) groups is 6. The van der Waals surface area contributed by atoms with E-state index in [0.29, 0.717) is 6.42 Å². The second-order valence-electron chi connectivity index (χ2n) is 8.24. The van der Waals surface area contributed by atoms with E-state index in [1.54, 1.807) is 0 Å². The molecule has 1 fully saturated rings. The van der Waals surface area contributed by atoms with Gasteiger partial charge in [-0.25, -0.2) is 4.79 Å². The third kappa shape index (κ3) is 10.1. The Hall–Kier alpha value is -3.95. The van der Waals surface area contributed by atoms with Crippen molar-refractivity contribution in [2.45, 2.75) is 69.1 Å². The molecule has 0 saturated carbocycles. The fourth-order valence-corrected chi connectivity index (χ4v) is 3.60. The standard InChI is InChI=1S/C20H33N7O9/c21-10(5-6-14(28)29)16(32)26-12(9-15(30)31)18(34)27-8-2-4-13(27)17(33)25-11(19(35)36)3-1-7-24-20(22)23/h10-13H,1-9,21H2,(H,25,33)(H,26,32)(H,28,29)(H,30,31)(H,35,36)(H4,22,23,24). The Morgan fingerprint density at radius 1 is 0.972 bits per heavy atom. The molecule has 0 spiro atoms. The number of nitrogens with zero attached hydrogens (tertiary/aromatic N) is 2. The zero-order valence-electron chi connectivity index (χ0n) is 19.6. The topological polar surface area (TPSA) is 281 Å². The van der Waals surface area contributed by atoms with Gasteiger partial charge in [0.1, 0.15) is 18.1 Å². The van der Waals surface area contributed by atoms with Gasteiger partial charge in [0.15, 0.2) is 5.96 Å². The van der Waals surface area contributed by atoms with Crippen LogP contribution in [0.4, 0.5) is 0 Å². The van der Waals surface area contributed by atoms with E-state index in [2.05, 4.69) is 15.6 Å². The molecule has 16 heteroatoms. The van der Waals surface area contributed by atoms with Gasteiger partial charge in [0.2, 0.25) is 17.7 Å². The van der Waals surface area contributed by atoms with Gasteiger partial charge in [-0.1, -0.05) is 0 Å². The lowest BCUT2D eigenvalue weighted by Crippen LogP contribution is -2.57. The predicted molar refractivity (Wildman–Crippen MR) is 123 cm³/mol. The zero-order valence-corrected chi connectivity index (χ0v) is 19.6. The third-order valence-corrected chi connectivity index (χ3v) is 5.40. The highest BCUT2D eigenvalue weighted by molar-refractivity contribution is 5.96. The van der Waals surface area contributed by atoms with Crippen LogP contribution >= 0.6 is 0 Å². The minimum Gasteiger partial charge on any atom is -0.481 e. The highest BCUT2D eigenvalue weighted by atomic mass is 16.4. The van der Waals surface area contributed by atoms with E-state index in [0.717, 1.165) is 4.90 Å². The molecule has 1 aliphatic heterocycles. The van der Waals surface area contributed by atoms with Crippen molar-refractivity contribution >= 4 is 41.6 Å². The maximum atomic E-state index is 13.1. The number of aliphatic carboxylic acids is 3. The van der Waals surface area contributed by atoms with Crippen molar-refractivity contribution in [2.75, 3.05) is 13.1 Å².